The fraction of sp³-hybridized carbons (Fsp3) is 0.556. The molecule has 1 rings (SSSR count). The van der Waals surface area contributed by atoms with E-state index in [1.54, 1.807) is 6.92 Å². The highest BCUT2D eigenvalue weighted by Gasteiger charge is 2.13. The van der Waals surface area contributed by atoms with Gasteiger partial charge in [0.05, 0.1) is 5.56 Å². The maximum Gasteiger partial charge on any atom is 0.256 e. The van der Waals surface area contributed by atoms with Gasteiger partial charge in [-0.1, -0.05) is 0 Å². The highest BCUT2D eigenvalue weighted by molar-refractivity contribution is 5.37. The van der Waals surface area contributed by atoms with Gasteiger partial charge in [0.1, 0.15) is 11.6 Å². The van der Waals surface area contributed by atoms with Gasteiger partial charge in [-0.2, -0.15) is 0 Å². The molecule has 0 saturated heterocycles. The first-order chi connectivity index (χ1) is 7.08. The topological polar surface area (TPSA) is 90.2 Å². The minimum atomic E-state index is -0.488. The lowest BCUT2D eigenvalue weighted by Gasteiger charge is -2.13. The first-order valence-electron chi connectivity index (χ1n) is 4.49. The summed E-state index contributed by atoms with van der Waals surface area (Å²) in [6, 6.07) is 0. The van der Waals surface area contributed by atoms with Gasteiger partial charge in [0.2, 0.25) is 0 Å². The van der Waals surface area contributed by atoms with E-state index in [4.69, 9.17) is 15.2 Å². The predicted octanol–water partition coefficient (Wildman–Crippen LogP) is -0.178. The van der Waals surface area contributed by atoms with Crippen LogP contribution in [0.4, 0.5) is 5.82 Å². The largest absolute Gasteiger partial charge is 0.383 e. The fourth-order valence-corrected chi connectivity index (χ4v) is 1.26. The van der Waals surface area contributed by atoms with Gasteiger partial charge in [-0.15, -0.1) is 0 Å². The Morgan fingerprint density at radius 2 is 2.07 bits per heavy atom. The quantitative estimate of drug-likeness (QED) is 0.677. The highest BCUT2D eigenvalue weighted by atomic mass is 16.7. The zero-order chi connectivity index (χ0) is 11.4. The lowest BCUT2D eigenvalue weighted by Crippen LogP contribution is -2.25. The number of methoxy groups -OCH3 is 2. The molecule has 84 valence electrons. The number of rotatable bonds is 4. The summed E-state index contributed by atoms with van der Waals surface area (Å²) >= 11 is 0. The Morgan fingerprint density at radius 1 is 1.47 bits per heavy atom. The average Bonchev–Trinajstić information content (AvgIpc) is 2.17. The Hall–Kier alpha value is -1.40. The summed E-state index contributed by atoms with van der Waals surface area (Å²) in [5, 5.41) is 0. The van der Waals surface area contributed by atoms with Crippen LogP contribution >= 0.6 is 0 Å². The molecule has 0 bridgehead atoms. The van der Waals surface area contributed by atoms with E-state index in [0.717, 1.165) is 0 Å². The monoisotopic (exact) mass is 213 g/mol. The fourth-order valence-electron chi connectivity index (χ4n) is 1.26. The Kier molecular flexibility index (Phi) is 3.81. The number of ether oxygens (including phenoxy) is 2. The molecule has 0 atom stereocenters. The Bertz CT molecular complexity index is 385. The molecule has 3 N–H and O–H groups in total. The second-order valence-electron chi connectivity index (χ2n) is 3.12. The molecule has 1 aromatic rings. The van der Waals surface area contributed by atoms with E-state index in [1.165, 1.54) is 14.2 Å². The maximum absolute atomic E-state index is 11.5. The number of anilines is 1. The zero-order valence-corrected chi connectivity index (χ0v) is 9.03. The Morgan fingerprint density at radius 3 is 2.53 bits per heavy atom. The van der Waals surface area contributed by atoms with Gasteiger partial charge >= 0.3 is 0 Å². The minimum Gasteiger partial charge on any atom is -0.383 e. The molecule has 0 amide bonds. The predicted molar refractivity (Wildman–Crippen MR) is 55.5 cm³/mol. The Labute approximate surface area is 87.4 Å². The van der Waals surface area contributed by atoms with E-state index in [2.05, 4.69) is 9.97 Å². The van der Waals surface area contributed by atoms with Crippen LogP contribution in [0.25, 0.3) is 0 Å². The van der Waals surface area contributed by atoms with E-state index in [-0.39, 0.29) is 17.8 Å². The maximum atomic E-state index is 11.5. The lowest BCUT2D eigenvalue weighted by atomic mass is 10.2. The van der Waals surface area contributed by atoms with Crippen LogP contribution in [-0.4, -0.2) is 30.5 Å². The van der Waals surface area contributed by atoms with Crippen molar-refractivity contribution in [2.24, 2.45) is 0 Å². The second-order valence-corrected chi connectivity index (χ2v) is 3.12. The molecular weight excluding hydrogens is 198 g/mol. The first-order valence-corrected chi connectivity index (χ1v) is 4.49. The van der Waals surface area contributed by atoms with E-state index < -0.39 is 6.29 Å². The Balaban J connectivity index is 2.99. The van der Waals surface area contributed by atoms with E-state index in [1.807, 2.05) is 0 Å². The standard InChI is InChI=1S/C9H15N3O3/c1-5-11-8(10)6(9(13)12-5)4-7(14-2)15-3/h7H,4H2,1-3H3,(H3,10,11,12,13). The number of nitrogens with one attached hydrogen (secondary N) is 1. The van der Waals surface area contributed by atoms with Crippen LogP contribution in [0, 0.1) is 6.92 Å². The van der Waals surface area contributed by atoms with Crippen molar-refractivity contribution >= 4 is 5.82 Å². The summed E-state index contributed by atoms with van der Waals surface area (Å²) < 4.78 is 9.97. The van der Waals surface area contributed by atoms with Crippen LogP contribution in [-0.2, 0) is 15.9 Å². The first kappa shape index (κ1) is 11.7. The number of aromatic amines is 1. The van der Waals surface area contributed by atoms with Crippen molar-refractivity contribution < 1.29 is 9.47 Å². The van der Waals surface area contributed by atoms with Crippen LogP contribution in [0.3, 0.4) is 0 Å². The third kappa shape index (κ3) is 2.77. The third-order valence-corrected chi connectivity index (χ3v) is 2.06. The van der Waals surface area contributed by atoms with Crippen molar-refractivity contribution in [3.8, 4) is 0 Å². The van der Waals surface area contributed by atoms with Crippen LogP contribution < -0.4 is 11.3 Å². The zero-order valence-electron chi connectivity index (χ0n) is 9.03. The van der Waals surface area contributed by atoms with Gasteiger partial charge in [0.15, 0.2) is 6.29 Å². The molecule has 0 aromatic carbocycles. The van der Waals surface area contributed by atoms with Gasteiger partial charge in [0.25, 0.3) is 5.56 Å². The number of H-pyrrole nitrogens is 1. The van der Waals surface area contributed by atoms with Crippen molar-refractivity contribution in [1.29, 1.82) is 0 Å². The molecule has 6 nitrogen and oxygen atoms in total. The van der Waals surface area contributed by atoms with Crippen molar-refractivity contribution in [1.82, 2.24) is 9.97 Å². The molecule has 15 heavy (non-hydrogen) atoms. The van der Waals surface area contributed by atoms with Gasteiger partial charge in [-0.05, 0) is 6.92 Å². The summed E-state index contributed by atoms with van der Waals surface area (Å²) in [6.07, 6.45) is -0.209. The van der Waals surface area contributed by atoms with Crippen molar-refractivity contribution in [3.63, 3.8) is 0 Å². The molecule has 0 unspecified atom stereocenters. The molecule has 0 radical (unpaired) electrons. The van der Waals surface area contributed by atoms with Crippen molar-refractivity contribution in [2.45, 2.75) is 19.6 Å². The molecular formula is C9H15N3O3. The molecule has 0 fully saturated rings. The van der Waals surface area contributed by atoms with E-state index in [9.17, 15) is 4.79 Å². The van der Waals surface area contributed by atoms with Crippen LogP contribution in [0.2, 0.25) is 0 Å². The van der Waals surface area contributed by atoms with Gasteiger partial charge in [-0.3, -0.25) is 4.79 Å². The molecule has 0 aliphatic heterocycles. The van der Waals surface area contributed by atoms with Gasteiger partial charge < -0.3 is 20.2 Å². The summed E-state index contributed by atoms with van der Waals surface area (Å²) in [7, 11) is 3.00. The van der Waals surface area contributed by atoms with Crippen LogP contribution in [0.1, 0.15) is 11.4 Å². The average molecular weight is 213 g/mol. The normalized spacial score (nSPS) is 10.9. The summed E-state index contributed by atoms with van der Waals surface area (Å²) in [5.74, 6) is 0.711. The molecule has 0 saturated carbocycles. The van der Waals surface area contributed by atoms with Gasteiger partial charge in [0, 0.05) is 20.6 Å². The molecule has 1 aromatic heterocycles. The lowest BCUT2D eigenvalue weighted by molar-refractivity contribution is -0.100. The number of nitrogens with two attached hydrogens (primary N) is 1. The SMILES string of the molecule is COC(Cc1c(N)nc(C)[nH]c1=O)OC. The molecule has 0 spiro atoms. The summed E-state index contributed by atoms with van der Waals surface area (Å²) in [6.45, 7) is 1.67. The number of aromatic nitrogens is 2. The smallest absolute Gasteiger partial charge is 0.256 e. The van der Waals surface area contributed by atoms with Crippen molar-refractivity contribution in [2.75, 3.05) is 20.0 Å². The van der Waals surface area contributed by atoms with Crippen LogP contribution in [0.5, 0.6) is 0 Å². The number of aryl methyl sites for hydroxylation is 1. The molecule has 0 aliphatic rings. The number of nitrogen functional groups attached to an aromatic ring is 1. The van der Waals surface area contributed by atoms with Gasteiger partial charge in [-0.25, -0.2) is 4.98 Å². The van der Waals surface area contributed by atoms with E-state index >= 15 is 0 Å². The minimum absolute atomic E-state index is 0.218. The number of hydrogen-bond donors (Lipinski definition) is 2. The molecule has 1 heterocycles. The van der Waals surface area contributed by atoms with Crippen molar-refractivity contribution in [3.05, 3.63) is 21.7 Å². The van der Waals surface area contributed by atoms with E-state index in [0.29, 0.717) is 11.4 Å². The molecule has 0 aliphatic carbocycles. The number of nitrogens with zero attached hydrogens (tertiary/aromatic N) is 1. The summed E-state index contributed by atoms with van der Waals surface area (Å²) in [4.78, 5) is 18.1. The molecule has 6 heteroatoms. The number of hydrogen-bond acceptors (Lipinski definition) is 5. The van der Waals surface area contributed by atoms with Crippen LogP contribution in [0.15, 0.2) is 4.79 Å². The second kappa shape index (κ2) is 4.90. The summed E-state index contributed by atoms with van der Waals surface area (Å²) in [5.41, 5.74) is 5.77. The highest BCUT2D eigenvalue weighted by Crippen LogP contribution is 2.07. The third-order valence-electron chi connectivity index (χ3n) is 2.06.